The van der Waals surface area contributed by atoms with E-state index in [4.69, 9.17) is 0 Å². The summed E-state index contributed by atoms with van der Waals surface area (Å²) in [7, 11) is 1.88. The van der Waals surface area contributed by atoms with E-state index in [9.17, 15) is 13.2 Å². The highest BCUT2D eigenvalue weighted by Gasteiger charge is 2.29. The van der Waals surface area contributed by atoms with Gasteiger partial charge in [0.05, 0.1) is 0 Å². The first-order chi connectivity index (χ1) is 7.29. The molecule has 0 aromatic rings. The Labute approximate surface area is 94.9 Å². The Morgan fingerprint density at radius 1 is 1.38 bits per heavy atom. The van der Waals surface area contributed by atoms with Crippen LogP contribution in [-0.2, 0) is 0 Å². The third-order valence-electron chi connectivity index (χ3n) is 2.28. The van der Waals surface area contributed by atoms with Gasteiger partial charge in [0, 0.05) is 24.9 Å². The van der Waals surface area contributed by atoms with Gasteiger partial charge in [0.25, 0.3) is 0 Å². The molecule has 16 heavy (non-hydrogen) atoms. The molecule has 0 rings (SSSR count). The molecule has 0 saturated carbocycles. The van der Waals surface area contributed by atoms with Gasteiger partial charge in [-0.2, -0.15) is 13.2 Å². The van der Waals surface area contributed by atoms with Crippen LogP contribution in [-0.4, -0.2) is 24.7 Å². The summed E-state index contributed by atoms with van der Waals surface area (Å²) in [5.41, 5.74) is 0.229. The first-order valence-electron chi connectivity index (χ1n) is 5.09. The average Bonchev–Trinajstić information content (AvgIpc) is 2.20. The molecule has 4 heteroatoms. The van der Waals surface area contributed by atoms with Crippen LogP contribution in [0.2, 0.25) is 0 Å². The first-order valence-corrected chi connectivity index (χ1v) is 5.09. The maximum atomic E-state index is 12.1. The number of allylic oxidation sites excluding steroid dienone is 4. The third-order valence-corrected chi connectivity index (χ3v) is 2.28. The maximum Gasteiger partial charge on any atom is 0.412 e. The Bertz CT molecular complexity index is 287. The fourth-order valence-corrected chi connectivity index (χ4v) is 0.895. The summed E-state index contributed by atoms with van der Waals surface area (Å²) in [6, 6.07) is 0. The molecule has 0 aromatic heterocycles. The summed E-state index contributed by atoms with van der Waals surface area (Å²) in [4.78, 5) is 1.91. The van der Waals surface area contributed by atoms with Crippen molar-refractivity contribution in [3.05, 3.63) is 36.1 Å². The molecule has 0 heterocycles. The standard InChI is InChI=1S/C12H18F3N/c1-5-16(4)11(3)9-7-6-8-10(2)12(13,14)15/h7-9H,3,5-6H2,1-2,4H3/b9-7-,10-8+. The lowest BCUT2D eigenvalue weighted by molar-refractivity contribution is -0.0915. The van der Waals surface area contributed by atoms with Crippen molar-refractivity contribution in [2.45, 2.75) is 26.4 Å². The van der Waals surface area contributed by atoms with Crippen LogP contribution in [0.25, 0.3) is 0 Å². The van der Waals surface area contributed by atoms with Crippen LogP contribution >= 0.6 is 0 Å². The van der Waals surface area contributed by atoms with Crippen LogP contribution in [0.5, 0.6) is 0 Å². The summed E-state index contributed by atoms with van der Waals surface area (Å²) < 4.78 is 36.3. The van der Waals surface area contributed by atoms with Crippen molar-refractivity contribution in [2.75, 3.05) is 13.6 Å². The number of hydrogen-bond donors (Lipinski definition) is 0. The highest BCUT2D eigenvalue weighted by atomic mass is 19.4. The van der Waals surface area contributed by atoms with Crippen molar-refractivity contribution in [1.82, 2.24) is 4.90 Å². The fraction of sp³-hybridized carbons (Fsp3) is 0.500. The van der Waals surface area contributed by atoms with Gasteiger partial charge in [-0.25, -0.2) is 0 Å². The second kappa shape index (κ2) is 6.40. The molecule has 0 bridgehead atoms. The summed E-state index contributed by atoms with van der Waals surface area (Å²) in [5.74, 6) is 0. The molecule has 0 aliphatic carbocycles. The third kappa shape index (κ3) is 5.63. The van der Waals surface area contributed by atoms with Crippen LogP contribution in [0, 0.1) is 0 Å². The normalized spacial score (nSPS) is 13.2. The highest BCUT2D eigenvalue weighted by molar-refractivity contribution is 5.15. The molecule has 0 amide bonds. The van der Waals surface area contributed by atoms with Gasteiger partial charge in [-0.05, 0) is 26.3 Å². The predicted octanol–water partition coefficient (Wildman–Crippen LogP) is 3.91. The zero-order chi connectivity index (χ0) is 12.8. The van der Waals surface area contributed by atoms with Gasteiger partial charge in [-0.15, -0.1) is 0 Å². The number of hydrogen-bond acceptors (Lipinski definition) is 1. The number of likely N-dealkylation sites (N-methyl/N-ethyl adjacent to an activating group) is 1. The summed E-state index contributed by atoms with van der Waals surface area (Å²) in [6.07, 6.45) is 0.607. The van der Waals surface area contributed by atoms with Crippen LogP contribution in [0.1, 0.15) is 20.3 Å². The van der Waals surface area contributed by atoms with Gasteiger partial charge in [-0.1, -0.05) is 18.7 Å². The number of nitrogens with zero attached hydrogens (tertiary/aromatic N) is 1. The molecule has 0 aromatic carbocycles. The molecule has 0 spiro atoms. The van der Waals surface area contributed by atoms with E-state index in [2.05, 4.69) is 6.58 Å². The van der Waals surface area contributed by atoms with Crippen molar-refractivity contribution in [2.24, 2.45) is 0 Å². The van der Waals surface area contributed by atoms with Gasteiger partial charge < -0.3 is 4.90 Å². The van der Waals surface area contributed by atoms with Gasteiger partial charge in [-0.3, -0.25) is 0 Å². The monoisotopic (exact) mass is 233 g/mol. The van der Waals surface area contributed by atoms with E-state index in [0.717, 1.165) is 25.2 Å². The number of rotatable bonds is 5. The van der Waals surface area contributed by atoms with E-state index < -0.39 is 11.7 Å². The minimum Gasteiger partial charge on any atom is -0.375 e. The van der Waals surface area contributed by atoms with Crippen molar-refractivity contribution in [1.29, 1.82) is 0 Å². The molecule has 0 aliphatic rings. The van der Waals surface area contributed by atoms with Crippen molar-refractivity contribution in [3.8, 4) is 0 Å². The van der Waals surface area contributed by atoms with E-state index in [1.54, 1.807) is 12.2 Å². The van der Waals surface area contributed by atoms with Crippen molar-refractivity contribution < 1.29 is 13.2 Å². The second-order valence-corrected chi connectivity index (χ2v) is 3.53. The van der Waals surface area contributed by atoms with Crippen LogP contribution in [0.4, 0.5) is 13.2 Å². The topological polar surface area (TPSA) is 3.24 Å². The molecule has 0 radical (unpaired) electrons. The molecule has 0 unspecified atom stereocenters. The Hall–Kier alpha value is -1.19. The van der Waals surface area contributed by atoms with Gasteiger partial charge in [0.15, 0.2) is 0 Å². The Balaban J connectivity index is 4.18. The van der Waals surface area contributed by atoms with E-state index in [-0.39, 0.29) is 6.42 Å². The van der Waals surface area contributed by atoms with Crippen molar-refractivity contribution >= 4 is 0 Å². The van der Waals surface area contributed by atoms with Crippen LogP contribution < -0.4 is 0 Å². The Morgan fingerprint density at radius 2 is 1.94 bits per heavy atom. The lowest BCUT2D eigenvalue weighted by Crippen LogP contribution is -2.14. The number of alkyl halides is 3. The van der Waals surface area contributed by atoms with E-state index in [0.29, 0.717) is 0 Å². The Kier molecular flexibility index (Phi) is 5.93. The highest BCUT2D eigenvalue weighted by Crippen LogP contribution is 2.25. The van der Waals surface area contributed by atoms with Gasteiger partial charge in [0.1, 0.15) is 0 Å². The minimum atomic E-state index is -4.22. The molecular weight excluding hydrogens is 215 g/mol. The summed E-state index contributed by atoms with van der Waals surface area (Å²) >= 11 is 0. The quantitative estimate of drug-likeness (QED) is 0.514. The average molecular weight is 233 g/mol. The molecule has 0 fully saturated rings. The molecule has 1 nitrogen and oxygen atoms in total. The zero-order valence-corrected chi connectivity index (χ0v) is 9.93. The van der Waals surface area contributed by atoms with Crippen LogP contribution in [0.15, 0.2) is 36.1 Å². The fourth-order valence-electron chi connectivity index (χ4n) is 0.895. The van der Waals surface area contributed by atoms with Crippen molar-refractivity contribution in [3.63, 3.8) is 0 Å². The predicted molar refractivity (Wildman–Crippen MR) is 61.0 cm³/mol. The maximum absolute atomic E-state index is 12.1. The molecule has 0 aliphatic heterocycles. The molecular formula is C12H18F3N. The van der Waals surface area contributed by atoms with Gasteiger partial charge >= 0.3 is 6.18 Å². The first kappa shape index (κ1) is 14.8. The molecule has 0 saturated heterocycles. The van der Waals surface area contributed by atoms with Crippen LogP contribution in [0.3, 0.4) is 0 Å². The second-order valence-electron chi connectivity index (χ2n) is 3.53. The lowest BCUT2D eigenvalue weighted by Gasteiger charge is -2.15. The SMILES string of the molecule is C=C(/C=C\C/C=C(\C)C(F)(F)F)N(C)CC. The summed E-state index contributed by atoms with van der Waals surface area (Å²) in [5, 5.41) is 0. The van der Waals surface area contributed by atoms with E-state index in [1.807, 2.05) is 18.9 Å². The minimum absolute atomic E-state index is 0.266. The molecule has 92 valence electrons. The zero-order valence-electron chi connectivity index (χ0n) is 9.93. The molecule has 0 N–H and O–H groups in total. The molecule has 0 atom stereocenters. The van der Waals surface area contributed by atoms with E-state index >= 15 is 0 Å². The van der Waals surface area contributed by atoms with Gasteiger partial charge in [0.2, 0.25) is 0 Å². The lowest BCUT2D eigenvalue weighted by atomic mass is 10.2. The smallest absolute Gasteiger partial charge is 0.375 e. The Morgan fingerprint density at radius 3 is 2.38 bits per heavy atom. The largest absolute Gasteiger partial charge is 0.412 e. The summed E-state index contributed by atoms with van der Waals surface area (Å²) in [6.45, 7) is 7.66. The van der Waals surface area contributed by atoms with E-state index in [1.165, 1.54) is 0 Å². The number of halogens is 3.